The van der Waals surface area contributed by atoms with Crippen LogP contribution in [0.25, 0.3) is 17.3 Å². The van der Waals surface area contributed by atoms with Crippen molar-refractivity contribution in [3.8, 4) is 17.3 Å². The quantitative estimate of drug-likeness (QED) is 0.612. The second-order valence-electron chi connectivity index (χ2n) is 4.74. The highest BCUT2D eigenvalue weighted by atomic mass is 16.5. The van der Waals surface area contributed by atoms with Gasteiger partial charge in [0.05, 0.1) is 6.26 Å². The van der Waals surface area contributed by atoms with Crippen LogP contribution in [0.4, 0.5) is 5.82 Å². The number of carbonyl (C=O) groups is 1. The Morgan fingerprint density at radius 2 is 2.17 bits per heavy atom. The lowest BCUT2D eigenvalue weighted by Gasteiger charge is -2.04. The SMILES string of the molecule is O=C(Nc1cc(-n2ccnc2)ncn1)c1cc(-c2ccco2)on1. The number of nitrogens with zero attached hydrogens (tertiary/aromatic N) is 5. The molecule has 9 nitrogen and oxygen atoms in total. The van der Waals surface area contributed by atoms with Crippen molar-refractivity contribution < 1.29 is 13.7 Å². The molecule has 0 aliphatic rings. The molecule has 1 amide bonds. The monoisotopic (exact) mass is 322 g/mol. The van der Waals surface area contributed by atoms with E-state index in [1.807, 2.05) is 0 Å². The average molecular weight is 322 g/mol. The first kappa shape index (κ1) is 13.9. The van der Waals surface area contributed by atoms with Crippen LogP contribution in [0.5, 0.6) is 0 Å². The van der Waals surface area contributed by atoms with Crippen molar-refractivity contribution in [2.75, 3.05) is 5.32 Å². The summed E-state index contributed by atoms with van der Waals surface area (Å²) in [6.45, 7) is 0. The Labute approximate surface area is 135 Å². The van der Waals surface area contributed by atoms with Crippen LogP contribution in [0.2, 0.25) is 0 Å². The average Bonchev–Trinajstić information content (AvgIpc) is 3.36. The third kappa shape index (κ3) is 2.65. The predicted molar refractivity (Wildman–Crippen MR) is 81.3 cm³/mol. The van der Waals surface area contributed by atoms with Gasteiger partial charge in [0.15, 0.2) is 11.5 Å². The van der Waals surface area contributed by atoms with E-state index < -0.39 is 5.91 Å². The molecule has 4 heterocycles. The Kier molecular flexibility index (Phi) is 3.35. The van der Waals surface area contributed by atoms with E-state index in [1.54, 1.807) is 41.5 Å². The van der Waals surface area contributed by atoms with Gasteiger partial charge in [-0.1, -0.05) is 5.16 Å². The van der Waals surface area contributed by atoms with Gasteiger partial charge in [0.25, 0.3) is 5.91 Å². The number of anilines is 1. The van der Waals surface area contributed by atoms with Gasteiger partial charge < -0.3 is 14.3 Å². The molecule has 0 radical (unpaired) electrons. The minimum absolute atomic E-state index is 0.115. The van der Waals surface area contributed by atoms with Crippen LogP contribution in [0.1, 0.15) is 10.5 Å². The zero-order valence-corrected chi connectivity index (χ0v) is 12.2. The summed E-state index contributed by atoms with van der Waals surface area (Å²) in [7, 11) is 0. The van der Waals surface area contributed by atoms with Gasteiger partial charge in [-0.2, -0.15) is 0 Å². The fraction of sp³-hybridized carbons (Fsp3) is 0. The molecule has 4 aromatic rings. The maximum absolute atomic E-state index is 12.3. The molecule has 0 aliphatic heterocycles. The number of nitrogens with one attached hydrogen (secondary N) is 1. The van der Waals surface area contributed by atoms with Gasteiger partial charge in [0, 0.05) is 24.5 Å². The van der Waals surface area contributed by atoms with E-state index in [-0.39, 0.29) is 5.69 Å². The van der Waals surface area contributed by atoms with E-state index in [0.717, 1.165) is 0 Å². The van der Waals surface area contributed by atoms with Gasteiger partial charge in [0.2, 0.25) is 5.76 Å². The molecule has 0 unspecified atom stereocenters. The molecule has 1 N–H and O–H groups in total. The lowest BCUT2D eigenvalue weighted by atomic mass is 10.3. The molecule has 0 saturated heterocycles. The minimum atomic E-state index is -0.452. The van der Waals surface area contributed by atoms with Crippen LogP contribution in [-0.4, -0.2) is 30.6 Å². The van der Waals surface area contributed by atoms with E-state index in [1.165, 1.54) is 18.7 Å². The fourth-order valence-electron chi connectivity index (χ4n) is 2.05. The first-order valence-corrected chi connectivity index (χ1v) is 6.92. The van der Waals surface area contributed by atoms with E-state index in [4.69, 9.17) is 8.94 Å². The maximum Gasteiger partial charge on any atom is 0.279 e. The van der Waals surface area contributed by atoms with Gasteiger partial charge in [0.1, 0.15) is 24.3 Å². The smallest absolute Gasteiger partial charge is 0.279 e. The molecule has 4 rings (SSSR count). The number of imidazole rings is 1. The lowest BCUT2D eigenvalue weighted by Crippen LogP contribution is -2.13. The maximum atomic E-state index is 12.3. The van der Waals surface area contributed by atoms with Crippen LogP contribution in [-0.2, 0) is 0 Å². The molecule has 0 fully saturated rings. The fourth-order valence-corrected chi connectivity index (χ4v) is 2.05. The molecule has 0 bridgehead atoms. The highest BCUT2D eigenvalue weighted by Crippen LogP contribution is 2.21. The summed E-state index contributed by atoms with van der Waals surface area (Å²) >= 11 is 0. The van der Waals surface area contributed by atoms with Crippen LogP contribution in [0.3, 0.4) is 0 Å². The zero-order chi connectivity index (χ0) is 16.4. The highest BCUT2D eigenvalue weighted by Gasteiger charge is 2.16. The van der Waals surface area contributed by atoms with Gasteiger partial charge >= 0.3 is 0 Å². The summed E-state index contributed by atoms with van der Waals surface area (Å²) < 4.78 is 12.0. The largest absolute Gasteiger partial charge is 0.461 e. The van der Waals surface area contributed by atoms with Gasteiger partial charge in [-0.15, -0.1) is 0 Å². The molecule has 24 heavy (non-hydrogen) atoms. The van der Waals surface area contributed by atoms with Gasteiger partial charge in [-0.05, 0) is 12.1 Å². The number of amides is 1. The Morgan fingerprint density at radius 1 is 1.21 bits per heavy atom. The van der Waals surface area contributed by atoms with Crippen molar-refractivity contribution in [2.45, 2.75) is 0 Å². The summed E-state index contributed by atoms with van der Waals surface area (Å²) in [5.74, 6) is 1.32. The van der Waals surface area contributed by atoms with E-state index in [2.05, 4.69) is 25.4 Å². The van der Waals surface area contributed by atoms with Crippen LogP contribution < -0.4 is 5.32 Å². The summed E-state index contributed by atoms with van der Waals surface area (Å²) in [5, 5.41) is 6.38. The molecule has 0 aliphatic carbocycles. The second-order valence-corrected chi connectivity index (χ2v) is 4.74. The molecular formula is C15H10N6O3. The second kappa shape index (κ2) is 5.80. The Hall–Kier alpha value is -3.75. The Bertz CT molecular complexity index is 959. The van der Waals surface area contributed by atoms with Crippen molar-refractivity contribution in [1.82, 2.24) is 24.7 Å². The summed E-state index contributed by atoms with van der Waals surface area (Å²) in [4.78, 5) is 24.3. The van der Waals surface area contributed by atoms with E-state index in [9.17, 15) is 4.79 Å². The van der Waals surface area contributed by atoms with Gasteiger partial charge in [-0.3, -0.25) is 9.36 Å². The number of hydrogen-bond donors (Lipinski definition) is 1. The number of rotatable bonds is 4. The predicted octanol–water partition coefficient (Wildman–Crippen LogP) is 2.16. The highest BCUT2D eigenvalue weighted by molar-refractivity contribution is 6.02. The van der Waals surface area contributed by atoms with Crippen molar-refractivity contribution in [2.24, 2.45) is 0 Å². The van der Waals surface area contributed by atoms with Crippen LogP contribution in [0, 0.1) is 0 Å². The van der Waals surface area contributed by atoms with E-state index >= 15 is 0 Å². The van der Waals surface area contributed by atoms with E-state index in [0.29, 0.717) is 23.2 Å². The molecule has 0 spiro atoms. The molecule has 9 heteroatoms. The number of carbonyl (C=O) groups excluding carboxylic acids is 1. The summed E-state index contributed by atoms with van der Waals surface area (Å²) in [6, 6.07) is 6.54. The number of aromatic nitrogens is 5. The first-order valence-electron chi connectivity index (χ1n) is 6.92. The van der Waals surface area contributed by atoms with Gasteiger partial charge in [-0.25, -0.2) is 15.0 Å². The molecular weight excluding hydrogens is 312 g/mol. The molecule has 0 atom stereocenters. The summed E-state index contributed by atoms with van der Waals surface area (Å²) in [6.07, 6.45) is 7.83. The molecule has 118 valence electrons. The zero-order valence-electron chi connectivity index (χ0n) is 12.2. The lowest BCUT2D eigenvalue weighted by molar-refractivity contribution is 0.101. The van der Waals surface area contributed by atoms with Crippen LogP contribution in [0.15, 0.2) is 64.5 Å². The van der Waals surface area contributed by atoms with Crippen molar-refractivity contribution >= 4 is 11.7 Å². The standard InChI is InChI=1S/C15H10N6O3/c22-15(10-6-12(24-20-10)11-2-1-5-23-11)19-13-7-14(18-8-17-13)21-4-3-16-9-21/h1-9H,(H,17,18,19,22). The molecule has 0 saturated carbocycles. The first-order chi connectivity index (χ1) is 11.8. The summed E-state index contributed by atoms with van der Waals surface area (Å²) in [5.41, 5.74) is 0.115. The molecule has 4 aromatic heterocycles. The topological polar surface area (TPSA) is 112 Å². The molecule has 0 aromatic carbocycles. The normalized spacial score (nSPS) is 10.7. The van der Waals surface area contributed by atoms with Crippen LogP contribution >= 0.6 is 0 Å². The van der Waals surface area contributed by atoms with Crippen molar-refractivity contribution in [3.63, 3.8) is 0 Å². The number of furan rings is 1. The minimum Gasteiger partial charge on any atom is -0.461 e. The van der Waals surface area contributed by atoms with Crippen molar-refractivity contribution in [1.29, 1.82) is 0 Å². The third-order valence-corrected chi connectivity index (χ3v) is 3.17. The number of hydrogen-bond acceptors (Lipinski definition) is 7. The Morgan fingerprint density at radius 3 is 2.96 bits per heavy atom. The van der Waals surface area contributed by atoms with Crippen molar-refractivity contribution in [3.05, 3.63) is 61.3 Å². The Balaban J connectivity index is 1.53. The third-order valence-electron chi connectivity index (χ3n) is 3.17.